The van der Waals surface area contributed by atoms with Gasteiger partial charge in [-0.3, -0.25) is 14.7 Å². The summed E-state index contributed by atoms with van der Waals surface area (Å²) in [5.41, 5.74) is 4.52. The second-order valence-corrected chi connectivity index (χ2v) is 6.52. The zero-order valence-electron chi connectivity index (χ0n) is 15.1. The van der Waals surface area contributed by atoms with E-state index in [1.807, 2.05) is 18.5 Å². The second kappa shape index (κ2) is 8.88. The lowest BCUT2D eigenvalue weighted by atomic mass is 10.0. The molecule has 0 aliphatic carbocycles. The van der Waals surface area contributed by atoms with Crippen molar-refractivity contribution in [3.63, 3.8) is 0 Å². The molecule has 1 aliphatic rings. The fraction of sp³-hybridized carbons (Fsp3) is 0.300. The van der Waals surface area contributed by atoms with E-state index in [-0.39, 0.29) is 12.4 Å². The number of H-pyrrole nitrogens is 1. The molecule has 6 nitrogen and oxygen atoms in total. The largest absolute Gasteiger partial charge is 0.367 e. The minimum absolute atomic E-state index is 0. The highest BCUT2D eigenvalue weighted by Crippen LogP contribution is 2.33. The van der Waals surface area contributed by atoms with Crippen molar-refractivity contribution in [3.8, 4) is 11.3 Å². The summed E-state index contributed by atoms with van der Waals surface area (Å²) in [6.45, 7) is 5.50. The third-order valence-corrected chi connectivity index (χ3v) is 5.01. The molecule has 27 heavy (non-hydrogen) atoms. The lowest BCUT2D eigenvalue weighted by molar-refractivity contribution is -0.109. The van der Waals surface area contributed by atoms with E-state index < -0.39 is 0 Å². The number of rotatable bonds is 6. The van der Waals surface area contributed by atoms with Crippen LogP contribution < -0.4 is 10.2 Å². The number of hydrogen-bond donors (Lipinski definition) is 2. The summed E-state index contributed by atoms with van der Waals surface area (Å²) in [4.78, 5) is 23.2. The standard InChI is InChI=1S/C20H23N5O.ClH/c26-15-21-9-10-24-11-13-25(14-12-24)19-5-2-7-23-20(19)17-3-1-4-18-16(17)6-8-22-18;/h1-8,15,22H,9-14H2,(H,21,26);1H. The highest BCUT2D eigenvalue weighted by molar-refractivity contribution is 5.97. The number of nitrogens with one attached hydrogen (secondary N) is 2. The van der Waals surface area contributed by atoms with Crippen molar-refractivity contribution in [2.45, 2.75) is 0 Å². The number of carbonyl (C=O) groups excluding carboxylic acids is 1. The monoisotopic (exact) mass is 385 g/mol. The van der Waals surface area contributed by atoms with Gasteiger partial charge in [0, 0.05) is 68.1 Å². The molecule has 142 valence electrons. The molecule has 1 saturated heterocycles. The molecular formula is C20H24ClN5O. The summed E-state index contributed by atoms with van der Waals surface area (Å²) in [6, 6.07) is 12.6. The van der Waals surface area contributed by atoms with Gasteiger partial charge in [0.2, 0.25) is 6.41 Å². The minimum atomic E-state index is 0. The molecular weight excluding hydrogens is 362 g/mol. The van der Waals surface area contributed by atoms with Gasteiger partial charge in [-0.15, -0.1) is 12.4 Å². The molecule has 2 N–H and O–H groups in total. The van der Waals surface area contributed by atoms with E-state index in [1.165, 1.54) is 11.1 Å². The zero-order chi connectivity index (χ0) is 17.8. The molecule has 1 aromatic carbocycles. The molecule has 1 amide bonds. The first-order valence-corrected chi connectivity index (χ1v) is 9.02. The molecule has 0 saturated carbocycles. The molecule has 0 unspecified atom stereocenters. The van der Waals surface area contributed by atoms with Crippen molar-refractivity contribution in [1.82, 2.24) is 20.2 Å². The number of aromatic nitrogens is 2. The number of benzene rings is 1. The van der Waals surface area contributed by atoms with Gasteiger partial charge in [-0.05, 0) is 24.3 Å². The maximum Gasteiger partial charge on any atom is 0.207 e. The minimum Gasteiger partial charge on any atom is -0.367 e. The molecule has 3 heterocycles. The van der Waals surface area contributed by atoms with Gasteiger partial charge in [-0.25, -0.2) is 0 Å². The van der Waals surface area contributed by atoms with Gasteiger partial charge in [-0.1, -0.05) is 12.1 Å². The lowest BCUT2D eigenvalue weighted by Crippen LogP contribution is -2.48. The number of anilines is 1. The summed E-state index contributed by atoms with van der Waals surface area (Å²) in [5.74, 6) is 0. The first-order valence-electron chi connectivity index (χ1n) is 9.02. The van der Waals surface area contributed by atoms with Crippen LogP contribution in [0, 0.1) is 0 Å². The van der Waals surface area contributed by atoms with Crippen molar-refractivity contribution >= 4 is 35.4 Å². The highest BCUT2D eigenvalue weighted by Gasteiger charge is 2.20. The van der Waals surface area contributed by atoms with Crippen LogP contribution in [-0.4, -0.2) is 60.5 Å². The molecule has 2 aromatic heterocycles. The highest BCUT2D eigenvalue weighted by atomic mass is 35.5. The van der Waals surface area contributed by atoms with Gasteiger partial charge in [0.05, 0.1) is 11.4 Å². The number of fused-ring (bicyclic) bond motifs is 1. The Morgan fingerprint density at radius 2 is 1.96 bits per heavy atom. The van der Waals surface area contributed by atoms with Gasteiger partial charge in [0.25, 0.3) is 0 Å². The van der Waals surface area contributed by atoms with Crippen LogP contribution in [-0.2, 0) is 4.79 Å². The number of nitrogens with zero attached hydrogens (tertiary/aromatic N) is 3. The predicted molar refractivity (Wildman–Crippen MR) is 111 cm³/mol. The maximum atomic E-state index is 10.4. The SMILES string of the molecule is Cl.O=CNCCN1CCN(c2cccnc2-c2cccc3[nH]ccc23)CC1. The van der Waals surface area contributed by atoms with E-state index in [4.69, 9.17) is 4.98 Å². The molecule has 3 aromatic rings. The molecule has 7 heteroatoms. The summed E-state index contributed by atoms with van der Waals surface area (Å²) >= 11 is 0. The Balaban J connectivity index is 0.00000210. The normalized spacial score (nSPS) is 14.7. The number of amides is 1. The van der Waals surface area contributed by atoms with Crippen molar-refractivity contribution in [2.75, 3.05) is 44.2 Å². The molecule has 0 radical (unpaired) electrons. The van der Waals surface area contributed by atoms with Crippen LogP contribution in [0.25, 0.3) is 22.2 Å². The lowest BCUT2D eigenvalue weighted by Gasteiger charge is -2.36. The van der Waals surface area contributed by atoms with Crippen molar-refractivity contribution in [2.24, 2.45) is 0 Å². The number of pyridine rings is 1. The number of piperazine rings is 1. The molecule has 1 aliphatic heterocycles. The van der Waals surface area contributed by atoms with E-state index in [1.54, 1.807) is 0 Å². The molecule has 0 atom stereocenters. The molecule has 4 rings (SSSR count). The molecule has 1 fully saturated rings. The van der Waals surface area contributed by atoms with Crippen molar-refractivity contribution in [1.29, 1.82) is 0 Å². The Morgan fingerprint density at radius 3 is 2.78 bits per heavy atom. The van der Waals surface area contributed by atoms with Crippen LogP contribution in [0.15, 0.2) is 48.8 Å². The van der Waals surface area contributed by atoms with Crippen LogP contribution in [0.2, 0.25) is 0 Å². The van der Waals surface area contributed by atoms with E-state index in [9.17, 15) is 4.79 Å². The zero-order valence-corrected chi connectivity index (χ0v) is 15.9. The third-order valence-electron chi connectivity index (χ3n) is 5.01. The molecule has 0 bridgehead atoms. The number of carbonyl (C=O) groups is 1. The van der Waals surface area contributed by atoms with E-state index in [0.717, 1.165) is 55.9 Å². The van der Waals surface area contributed by atoms with Crippen LogP contribution >= 0.6 is 12.4 Å². The van der Waals surface area contributed by atoms with Gasteiger partial charge in [-0.2, -0.15) is 0 Å². The Morgan fingerprint density at radius 1 is 1.11 bits per heavy atom. The quantitative estimate of drug-likeness (QED) is 0.505. The Hall–Kier alpha value is -2.57. The van der Waals surface area contributed by atoms with Crippen LogP contribution in [0.4, 0.5) is 5.69 Å². The van der Waals surface area contributed by atoms with Crippen LogP contribution in [0.5, 0.6) is 0 Å². The second-order valence-electron chi connectivity index (χ2n) is 6.52. The van der Waals surface area contributed by atoms with E-state index in [0.29, 0.717) is 6.54 Å². The summed E-state index contributed by atoms with van der Waals surface area (Å²) < 4.78 is 0. The predicted octanol–water partition coefficient (Wildman–Crippen LogP) is 2.52. The maximum absolute atomic E-state index is 10.4. The van der Waals surface area contributed by atoms with Crippen molar-refractivity contribution < 1.29 is 4.79 Å². The average Bonchev–Trinajstić information content (AvgIpc) is 3.18. The summed E-state index contributed by atoms with van der Waals surface area (Å²) in [6.07, 6.45) is 4.61. The Kier molecular flexibility index (Phi) is 6.32. The first kappa shape index (κ1) is 19.2. The van der Waals surface area contributed by atoms with Crippen LogP contribution in [0.3, 0.4) is 0 Å². The van der Waals surface area contributed by atoms with Gasteiger partial charge < -0.3 is 15.2 Å². The first-order chi connectivity index (χ1) is 12.9. The number of halogens is 1. The summed E-state index contributed by atoms with van der Waals surface area (Å²) in [5, 5.41) is 3.93. The van der Waals surface area contributed by atoms with Gasteiger partial charge in [0.1, 0.15) is 0 Å². The van der Waals surface area contributed by atoms with Crippen molar-refractivity contribution in [3.05, 3.63) is 48.8 Å². The van der Waals surface area contributed by atoms with Gasteiger partial charge in [0.15, 0.2) is 0 Å². The number of aromatic amines is 1. The molecule has 0 spiro atoms. The van der Waals surface area contributed by atoms with E-state index in [2.05, 4.69) is 50.4 Å². The van der Waals surface area contributed by atoms with E-state index >= 15 is 0 Å². The topological polar surface area (TPSA) is 64.3 Å². The Bertz CT molecular complexity index is 889. The van der Waals surface area contributed by atoms with Crippen LogP contribution in [0.1, 0.15) is 0 Å². The van der Waals surface area contributed by atoms with Gasteiger partial charge >= 0.3 is 0 Å². The average molecular weight is 386 g/mol. The Labute approximate surface area is 165 Å². The summed E-state index contributed by atoms with van der Waals surface area (Å²) in [7, 11) is 0. The smallest absolute Gasteiger partial charge is 0.207 e. The fourth-order valence-electron chi connectivity index (χ4n) is 3.65. The third kappa shape index (κ3) is 4.07. The fourth-order valence-corrected chi connectivity index (χ4v) is 3.65. The number of hydrogen-bond acceptors (Lipinski definition) is 4.